The van der Waals surface area contributed by atoms with Gasteiger partial charge in [0.05, 0.1) is 6.04 Å². The van der Waals surface area contributed by atoms with Gasteiger partial charge in [-0.3, -0.25) is 4.79 Å². The molecule has 0 unspecified atom stereocenters. The molecule has 2 heterocycles. The summed E-state index contributed by atoms with van der Waals surface area (Å²) in [5.41, 5.74) is 0.906. The van der Waals surface area contributed by atoms with Crippen LogP contribution in [0.4, 0.5) is 0 Å². The summed E-state index contributed by atoms with van der Waals surface area (Å²) in [5.74, 6) is 1.13. The van der Waals surface area contributed by atoms with Crippen LogP contribution in [-0.4, -0.2) is 40.6 Å². The van der Waals surface area contributed by atoms with Gasteiger partial charge < -0.3 is 14.2 Å². The van der Waals surface area contributed by atoms with E-state index in [0.717, 1.165) is 43.7 Å². The van der Waals surface area contributed by atoms with Crippen molar-refractivity contribution in [2.75, 3.05) is 20.2 Å². The van der Waals surface area contributed by atoms with Crippen molar-refractivity contribution in [3.05, 3.63) is 54.1 Å². The second-order valence-electron chi connectivity index (χ2n) is 6.21. The highest BCUT2D eigenvalue weighted by molar-refractivity contribution is 5.82. The summed E-state index contributed by atoms with van der Waals surface area (Å²) in [7, 11) is 1.60. The van der Waals surface area contributed by atoms with Gasteiger partial charge in [0.25, 0.3) is 5.91 Å². The normalized spacial score (nSPS) is 19.2. The van der Waals surface area contributed by atoms with E-state index in [1.807, 2.05) is 47.6 Å². The largest absolute Gasteiger partial charge is 0.367 e. The third kappa shape index (κ3) is 3.36. The molecule has 0 saturated carbocycles. The summed E-state index contributed by atoms with van der Waals surface area (Å²) in [6.07, 6.45) is 6.34. The van der Waals surface area contributed by atoms with Crippen LogP contribution in [0.2, 0.25) is 0 Å². The molecule has 1 aliphatic heterocycles. The molecule has 5 heteroatoms. The number of benzene rings is 1. The predicted molar refractivity (Wildman–Crippen MR) is 92.6 cm³/mol. The Morgan fingerprint density at radius 2 is 2.17 bits per heavy atom. The number of carbonyl (C=O) groups excluding carboxylic acids is 1. The van der Waals surface area contributed by atoms with Crippen LogP contribution in [0.1, 0.15) is 43.3 Å². The van der Waals surface area contributed by atoms with E-state index >= 15 is 0 Å². The van der Waals surface area contributed by atoms with Crippen LogP contribution in [0, 0.1) is 0 Å². The van der Waals surface area contributed by atoms with Crippen molar-refractivity contribution in [2.24, 2.45) is 0 Å². The fourth-order valence-electron chi connectivity index (χ4n) is 3.51. The van der Waals surface area contributed by atoms with E-state index in [0.29, 0.717) is 6.04 Å². The second-order valence-corrected chi connectivity index (χ2v) is 6.21. The SMILES string of the molecule is CCc1nccn1[C@H]1CCCN(C(=O)[C@H](OC)c2ccccc2)C1. The lowest BCUT2D eigenvalue weighted by atomic mass is 10.0. The number of hydrogen-bond donors (Lipinski definition) is 0. The fourth-order valence-corrected chi connectivity index (χ4v) is 3.51. The molecule has 1 amide bonds. The Kier molecular flexibility index (Phi) is 5.30. The van der Waals surface area contributed by atoms with Crippen LogP contribution >= 0.6 is 0 Å². The predicted octanol–water partition coefficient (Wildman–Crippen LogP) is 3.00. The highest BCUT2D eigenvalue weighted by Crippen LogP contribution is 2.27. The van der Waals surface area contributed by atoms with Crippen LogP contribution in [0.15, 0.2) is 42.7 Å². The first-order valence-corrected chi connectivity index (χ1v) is 8.62. The molecular weight excluding hydrogens is 302 g/mol. The van der Waals surface area contributed by atoms with Crippen LogP contribution in [-0.2, 0) is 16.0 Å². The first-order valence-electron chi connectivity index (χ1n) is 8.62. The molecular formula is C19H25N3O2. The third-order valence-electron chi connectivity index (χ3n) is 4.73. The summed E-state index contributed by atoms with van der Waals surface area (Å²) in [6.45, 7) is 3.62. The molecule has 1 aromatic heterocycles. The molecule has 0 aliphatic carbocycles. The van der Waals surface area contributed by atoms with E-state index < -0.39 is 6.10 Å². The highest BCUT2D eigenvalue weighted by Gasteiger charge is 2.30. The molecule has 2 aromatic rings. The van der Waals surface area contributed by atoms with E-state index in [4.69, 9.17) is 4.74 Å². The topological polar surface area (TPSA) is 47.4 Å². The van der Waals surface area contributed by atoms with Crippen LogP contribution in [0.3, 0.4) is 0 Å². The molecule has 1 fully saturated rings. The Morgan fingerprint density at radius 3 is 2.88 bits per heavy atom. The average molecular weight is 327 g/mol. The molecule has 0 bridgehead atoms. The number of carbonyl (C=O) groups is 1. The van der Waals surface area contributed by atoms with Crippen molar-refractivity contribution in [1.82, 2.24) is 14.5 Å². The Morgan fingerprint density at radius 1 is 1.38 bits per heavy atom. The van der Waals surface area contributed by atoms with Crippen molar-refractivity contribution in [1.29, 1.82) is 0 Å². The summed E-state index contributed by atoms with van der Waals surface area (Å²) in [5, 5.41) is 0. The maximum Gasteiger partial charge on any atom is 0.256 e. The van der Waals surface area contributed by atoms with Gasteiger partial charge in [-0.1, -0.05) is 37.3 Å². The van der Waals surface area contributed by atoms with Gasteiger partial charge in [-0.2, -0.15) is 0 Å². The number of imidazole rings is 1. The number of aromatic nitrogens is 2. The third-order valence-corrected chi connectivity index (χ3v) is 4.73. The van der Waals surface area contributed by atoms with Crippen molar-refractivity contribution >= 4 is 5.91 Å². The van der Waals surface area contributed by atoms with Crippen molar-refractivity contribution in [2.45, 2.75) is 38.3 Å². The average Bonchev–Trinajstić information content (AvgIpc) is 3.12. The molecule has 1 saturated heterocycles. The lowest BCUT2D eigenvalue weighted by Crippen LogP contribution is -2.43. The number of methoxy groups -OCH3 is 1. The van der Waals surface area contributed by atoms with Crippen LogP contribution in [0.25, 0.3) is 0 Å². The van der Waals surface area contributed by atoms with Gasteiger partial charge in [0, 0.05) is 39.0 Å². The minimum absolute atomic E-state index is 0.0477. The Labute approximate surface area is 143 Å². The van der Waals surface area contributed by atoms with Gasteiger partial charge >= 0.3 is 0 Å². The van der Waals surface area contributed by atoms with E-state index in [-0.39, 0.29) is 5.91 Å². The van der Waals surface area contributed by atoms with Crippen molar-refractivity contribution < 1.29 is 9.53 Å². The Hall–Kier alpha value is -2.14. The summed E-state index contributed by atoms with van der Waals surface area (Å²) < 4.78 is 7.74. The standard InChI is InChI=1S/C19H25N3O2/c1-3-17-20-11-13-22(17)16-10-7-12-21(14-16)19(23)18(24-2)15-8-5-4-6-9-15/h4-6,8-9,11,13,16,18H,3,7,10,12,14H2,1-2H3/t16-,18+/m0/s1. The molecule has 1 aromatic carbocycles. The molecule has 0 N–H and O–H groups in total. The number of piperidine rings is 1. The van der Waals surface area contributed by atoms with E-state index in [1.54, 1.807) is 7.11 Å². The van der Waals surface area contributed by atoms with E-state index in [1.165, 1.54) is 0 Å². The van der Waals surface area contributed by atoms with Crippen LogP contribution in [0.5, 0.6) is 0 Å². The maximum absolute atomic E-state index is 13.0. The van der Waals surface area contributed by atoms with Gasteiger partial charge in [0.2, 0.25) is 0 Å². The lowest BCUT2D eigenvalue weighted by molar-refractivity contribution is -0.144. The van der Waals surface area contributed by atoms with Gasteiger partial charge in [0.15, 0.2) is 6.10 Å². The van der Waals surface area contributed by atoms with Crippen LogP contribution < -0.4 is 0 Å². The van der Waals surface area contributed by atoms with Gasteiger partial charge in [-0.25, -0.2) is 4.98 Å². The summed E-state index contributed by atoms with van der Waals surface area (Å²) in [6, 6.07) is 10.0. The fraction of sp³-hybridized carbons (Fsp3) is 0.474. The number of aryl methyl sites for hydroxylation is 1. The lowest BCUT2D eigenvalue weighted by Gasteiger charge is -2.35. The first-order chi connectivity index (χ1) is 11.7. The number of rotatable bonds is 5. The minimum atomic E-state index is -0.529. The molecule has 3 rings (SSSR count). The number of hydrogen-bond acceptors (Lipinski definition) is 3. The Balaban J connectivity index is 1.75. The van der Waals surface area contributed by atoms with Crippen molar-refractivity contribution in [3.63, 3.8) is 0 Å². The highest BCUT2D eigenvalue weighted by atomic mass is 16.5. The molecule has 0 radical (unpaired) electrons. The number of nitrogens with zero attached hydrogens (tertiary/aromatic N) is 3. The molecule has 5 nitrogen and oxygen atoms in total. The number of likely N-dealkylation sites (tertiary alicyclic amines) is 1. The van der Waals surface area contributed by atoms with Gasteiger partial charge in [-0.05, 0) is 18.4 Å². The van der Waals surface area contributed by atoms with E-state index in [2.05, 4.69) is 16.5 Å². The zero-order valence-electron chi connectivity index (χ0n) is 14.4. The molecule has 24 heavy (non-hydrogen) atoms. The van der Waals surface area contributed by atoms with Gasteiger partial charge in [0.1, 0.15) is 5.82 Å². The van der Waals surface area contributed by atoms with Gasteiger partial charge in [-0.15, -0.1) is 0 Å². The molecule has 128 valence electrons. The van der Waals surface area contributed by atoms with Crippen molar-refractivity contribution in [3.8, 4) is 0 Å². The minimum Gasteiger partial charge on any atom is -0.367 e. The quantitative estimate of drug-likeness (QED) is 0.848. The summed E-state index contributed by atoms with van der Waals surface area (Å²) in [4.78, 5) is 19.3. The monoisotopic (exact) mass is 327 g/mol. The number of amides is 1. The molecule has 0 spiro atoms. The molecule has 2 atom stereocenters. The summed E-state index contributed by atoms with van der Waals surface area (Å²) >= 11 is 0. The Bertz CT molecular complexity index is 668. The maximum atomic E-state index is 13.0. The smallest absolute Gasteiger partial charge is 0.256 e. The number of ether oxygens (including phenoxy) is 1. The second kappa shape index (κ2) is 7.62. The van der Waals surface area contributed by atoms with E-state index in [9.17, 15) is 4.79 Å². The first kappa shape index (κ1) is 16.7. The zero-order chi connectivity index (χ0) is 16.9. The molecule has 1 aliphatic rings. The zero-order valence-corrected chi connectivity index (χ0v) is 14.4.